The Morgan fingerprint density at radius 3 is 2.24 bits per heavy atom. The van der Waals surface area contributed by atoms with Gasteiger partial charge in [-0.15, -0.1) is 0 Å². The lowest BCUT2D eigenvalue weighted by Gasteiger charge is -2.34. The van der Waals surface area contributed by atoms with E-state index in [0.29, 0.717) is 5.56 Å². The minimum Gasteiger partial charge on any atom is -0.392 e. The fraction of sp³-hybridized carbons (Fsp3) is 0.300. The second-order valence-corrected chi connectivity index (χ2v) is 10.4. The Kier molecular flexibility index (Phi) is 5.88. The van der Waals surface area contributed by atoms with Crippen molar-refractivity contribution in [2.75, 3.05) is 6.61 Å². The van der Waals surface area contributed by atoms with Crippen LogP contribution >= 0.6 is 67.8 Å². The van der Waals surface area contributed by atoms with Gasteiger partial charge >= 0.3 is 0 Å². The molecule has 0 saturated heterocycles. The van der Waals surface area contributed by atoms with Crippen LogP contribution in [0.1, 0.15) is 10.4 Å². The first-order valence-corrected chi connectivity index (χ1v) is 7.81. The smallest absolute Gasteiger partial charge is 0.253 e. The van der Waals surface area contributed by atoms with Crippen LogP contribution in [0.3, 0.4) is 0 Å². The predicted molar refractivity (Wildman–Crippen MR) is 90.7 cm³/mol. The third-order valence-corrected chi connectivity index (χ3v) is 7.54. The largest absolute Gasteiger partial charge is 0.392 e. The Morgan fingerprint density at radius 1 is 1.24 bits per heavy atom. The lowest BCUT2D eigenvalue weighted by atomic mass is 10.2. The molecule has 0 bridgehead atoms. The molecule has 0 aliphatic rings. The highest BCUT2D eigenvalue weighted by atomic mass is 127. The van der Waals surface area contributed by atoms with Crippen LogP contribution < -0.4 is 5.32 Å². The second-order valence-electron chi connectivity index (χ2n) is 3.31. The lowest BCUT2D eigenvalue weighted by molar-refractivity contribution is 0.0644. The number of aliphatic hydroxyl groups is 2. The first kappa shape index (κ1) is 15.9. The third-order valence-electron chi connectivity index (χ3n) is 2.00. The Hall–Kier alpha value is 0.800. The molecule has 1 rings (SSSR count). The average Bonchev–Trinajstić information content (AvgIpc) is 2.29. The Labute approximate surface area is 140 Å². The molecule has 0 spiro atoms. The SMILES string of the molecule is O=C(NC(I)(I)C(O)(I)CO)c1ccccc1. The molecule has 1 amide bonds. The van der Waals surface area contributed by atoms with Crippen LogP contribution in [0.2, 0.25) is 0 Å². The van der Waals surface area contributed by atoms with Crippen LogP contribution in [0, 0.1) is 0 Å². The Morgan fingerprint density at radius 2 is 1.76 bits per heavy atom. The highest BCUT2D eigenvalue weighted by molar-refractivity contribution is 14.2. The maximum absolute atomic E-state index is 11.9. The Bertz CT molecular complexity index is 395. The number of hydrogen-bond donors (Lipinski definition) is 3. The highest BCUT2D eigenvalue weighted by Crippen LogP contribution is 2.40. The van der Waals surface area contributed by atoms with Gasteiger partial charge in [0.15, 0.2) is 5.16 Å². The van der Waals surface area contributed by atoms with Gasteiger partial charge in [0, 0.05) is 5.56 Å². The van der Waals surface area contributed by atoms with Gasteiger partial charge in [-0.2, -0.15) is 0 Å². The predicted octanol–water partition coefficient (Wildman–Crippen LogP) is 2.06. The molecule has 94 valence electrons. The summed E-state index contributed by atoms with van der Waals surface area (Å²) in [7, 11) is 0. The van der Waals surface area contributed by atoms with Crippen LogP contribution in [0.15, 0.2) is 30.3 Å². The number of halogens is 3. The van der Waals surface area contributed by atoms with E-state index in [4.69, 9.17) is 5.11 Å². The maximum Gasteiger partial charge on any atom is 0.253 e. The molecule has 1 aromatic rings. The van der Waals surface area contributed by atoms with E-state index in [1.165, 1.54) is 0 Å². The molecule has 17 heavy (non-hydrogen) atoms. The molecule has 0 aliphatic carbocycles. The topological polar surface area (TPSA) is 69.6 Å². The number of aliphatic hydroxyl groups excluding tert-OH is 1. The van der Waals surface area contributed by atoms with Crippen LogP contribution in [-0.4, -0.2) is 27.9 Å². The van der Waals surface area contributed by atoms with E-state index in [2.05, 4.69) is 5.32 Å². The maximum atomic E-state index is 11.9. The first-order valence-electron chi connectivity index (χ1n) is 4.58. The van der Waals surface area contributed by atoms with Gasteiger partial charge in [0.05, 0.1) is 6.61 Å². The lowest BCUT2D eigenvalue weighted by Crippen LogP contribution is -2.54. The van der Waals surface area contributed by atoms with Gasteiger partial charge in [-0.3, -0.25) is 4.79 Å². The highest BCUT2D eigenvalue weighted by Gasteiger charge is 2.46. The van der Waals surface area contributed by atoms with Gasteiger partial charge in [-0.1, -0.05) is 18.2 Å². The fourth-order valence-corrected chi connectivity index (χ4v) is 1.97. The summed E-state index contributed by atoms with van der Waals surface area (Å²) in [6, 6.07) is 8.72. The molecule has 0 fully saturated rings. The first-order chi connectivity index (χ1) is 7.80. The normalized spacial score (nSPS) is 15.1. The Balaban J connectivity index is 2.82. The van der Waals surface area contributed by atoms with Gasteiger partial charge in [-0.05, 0) is 79.9 Å². The van der Waals surface area contributed by atoms with Gasteiger partial charge < -0.3 is 15.5 Å². The minimum absolute atomic E-state index is 0.294. The molecule has 1 aromatic carbocycles. The van der Waals surface area contributed by atoms with Gasteiger partial charge in [0.2, 0.25) is 0 Å². The van der Waals surface area contributed by atoms with Crippen LogP contribution in [0.5, 0.6) is 0 Å². The second kappa shape index (κ2) is 6.30. The zero-order chi connectivity index (χ0) is 13.1. The van der Waals surface area contributed by atoms with E-state index in [1.54, 1.807) is 46.9 Å². The molecule has 0 saturated carbocycles. The van der Waals surface area contributed by atoms with E-state index in [1.807, 2.05) is 51.2 Å². The molecule has 0 aromatic heterocycles. The summed E-state index contributed by atoms with van der Waals surface area (Å²) in [6.07, 6.45) is 0. The minimum atomic E-state index is -1.43. The van der Waals surface area contributed by atoms with Crippen molar-refractivity contribution in [3.05, 3.63) is 35.9 Å². The summed E-state index contributed by atoms with van der Waals surface area (Å²) in [4.78, 5) is 11.9. The summed E-state index contributed by atoms with van der Waals surface area (Å²) >= 11 is 5.51. The monoisotopic (exact) mass is 573 g/mol. The van der Waals surface area contributed by atoms with E-state index in [0.717, 1.165) is 0 Å². The summed E-state index contributed by atoms with van der Waals surface area (Å²) in [5.74, 6) is -0.294. The number of carbonyl (C=O) groups excluding carboxylic acids is 1. The summed E-state index contributed by atoms with van der Waals surface area (Å²) in [5.41, 5.74) is 0.510. The van der Waals surface area contributed by atoms with Crippen molar-refractivity contribution in [2.45, 2.75) is 5.16 Å². The number of alkyl halides is 3. The van der Waals surface area contributed by atoms with Crippen molar-refractivity contribution in [2.24, 2.45) is 0 Å². The average molecular weight is 573 g/mol. The fourth-order valence-electron chi connectivity index (χ4n) is 0.999. The number of hydrogen-bond acceptors (Lipinski definition) is 3. The molecule has 7 heteroatoms. The van der Waals surface area contributed by atoms with E-state index >= 15 is 0 Å². The molecule has 1 atom stereocenters. The van der Waals surface area contributed by atoms with Crippen molar-refractivity contribution < 1.29 is 15.0 Å². The zero-order valence-corrected chi connectivity index (χ0v) is 15.0. The van der Waals surface area contributed by atoms with Gasteiger partial charge in [0.25, 0.3) is 5.91 Å². The molecule has 3 N–H and O–H groups in total. The number of rotatable bonds is 4. The standard InChI is InChI=1S/C10H10I3NO3/c11-9(17,6-15)10(12,13)14-8(16)7-4-2-1-3-5-7/h1-5,15,17H,6H2,(H,14,16). The van der Waals surface area contributed by atoms with Crippen LogP contribution in [0.4, 0.5) is 0 Å². The molecule has 0 aliphatic heterocycles. The number of carbonyl (C=O) groups is 1. The molecule has 0 radical (unpaired) electrons. The van der Waals surface area contributed by atoms with Gasteiger partial charge in [0.1, 0.15) is 0 Å². The number of nitrogens with one attached hydrogen (secondary N) is 1. The van der Waals surface area contributed by atoms with E-state index in [9.17, 15) is 9.90 Å². The van der Waals surface area contributed by atoms with Crippen molar-refractivity contribution in [1.82, 2.24) is 5.32 Å². The molecule has 1 unspecified atom stereocenters. The molecule has 4 nitrogen and oxygen atoms in total. The zero-order valence-electron chi connectivity index (χ0n) is 8.53. The summed E-state index contributed by atoms with van der Waals surface area (Å²) < 4.78 is -2.43. The van der Waals surface area contributed by atoms with Crippen LogP contribution in [0.25, 0.3) is 0 Å². The summed E-state index contributed by atoms with van der Waals surface area (Å²) in [6.45, 7) is -0.450. The third kappa shape index (κ3) is 4.14. The number of benzene rings is 1. The van der Waals surface area contributed by atoms with Crippen molar-refractivity contribution in [3.63, 3.8) is 0 Å². The van der Waals surface area contributed by atoms with Crippen molar-refractivity contribution >= 4 is 73.7 Å². The molecular weight excluding hydrogens is 563 g/mol. The molecular formula is C10H10I3NO3. The van der Waals surface area contributed by atoms with Crippen molar-refractivity contribution in [1.29, 1.82) is 0 Å². The van der Waals surface area contributed by atoms with Crippen LogP contribution in [-0.2, 0) is 0 Å². The van der Waals surface area contributed by atoms with E-state index < -0.39 is 11.8 Å². The summed E-state index contributed by atoms with van der Waals surface area (Å²) in [5, 5.41) is 21.7. The van der Waals surface area contributed by atoms with E-state index in [-0.39, 0.29) is 5.91 Å². The number of amides is 1. The van der Waals surface area contributed by atoms with Crippen molar-refractivity contribution in [3.8, 4) is 0 Å². The molecule has 0 heterocycles. The van der Waals surface area contributed by atoms with Gasteiger partial charge in [-0.25, -0.2) is 0 Å². The quantitative estimate of drug-likeness (QED) is 0.294.